The number of hydrogen-bond donors (Lipinski definition) is 4. The minimum atomic E-state index is -0.833. The Kier molecular flexibility index (Phi) is 14.3. The van der Waals surface area contributed by atoms with Gasteiger partial charge < -0.3 is 16.6 Å². The number of rotatable bonds is 0. The van der Waals surface area contributed by atoms with E-state index in [9.17, 15) is 8.78 Å². The van der Waals surface area contributed by atoms with Crippen LogP contribution in [0.25, 0.3) is 0 Å². The fourth-order valence-corrected chi connectivity index (χ4v) is 2.40. The molecule has 0 aliphatic carbocycles. The molecule has 2 aromatic rings. The normalized spacial score (nSPS) is 8.86. The monoisotopic (exact) mass is 474 g/mol. The molecule has 0 heterocycles. The van der Waals surface area contributed by atoms with Crippen molar-refractivity contribution in [1.82, 2.24) is 0 Å². The van der Waals surface area contributed by atoms with Gasteiger partial charge in [-0.15, -0.1) is 0 Å². The number of halogens is 3. The van der Waals surface area contributed by atoms with Crippen LogP contribution in [-0.4, -0.2) is 18.7 Å². The van der Waals surface area contributed by atoms with Crippen LogP contribution in [0.5, 0.6) is 0 Å². The van der Waals surface area contributed by atoms with Gasteiger partial charge in [-0.1, -0.05) is 6.07 Å². The standard InChI is InChI=1S/C8H9BrFN.C8H10FN.C2H4O2.BHNS/c1-4-3-6(9)7(10)5(2)8(4)11;1-5-3-4-7(9)6(2)8(5)10;1-2(3)4;1-2-3/h3H,11H2,1-2H3;3-4H,10H2,1-2H3;1H3,(H,3,4);3H. The Morgan fingerprint density at radius 2 is 1.50 bits per heavy atom. The summed E-state index contributed by atoms with van der Waals surface area (Å²) < 4.78 is 28.9. The van der Waals surface area contributed by atoms with E-state index < -0.39 is 5.97 Å². The van der Waals surface area contributed by atoms with E-state index in [0.29, 0.717) is 27.0 Å². The zero-order valence-corrected chi connectivity index (χ0v) is 18.8. The number of aryl methyl sites for hydroxylation is 2. The van der Waals surface area contributed by atoms with Gasteiger partial charge >= 0.3 is 24.8 Å². The first-order valence-corrected chi connectivity index (χ1v) is 8.96. The molecule has 2 aromatic carbocycles. The third-order valence-corrected chi connectivity index (χ3v) is 3.95. The summed E-state index contributed by atoms with van der Waals surface area (Å²) in [6.45, 7) is 8.15. The Hall–Kier alpha value is -1.94. The van der Waals surface area contributed by atoms with Crippen LogP contribution in [0.2, 0.25) is 0 Å². The SMILES string of the molecule is CC(=O)O.Cc1cc(Br)c(F)c(C)c1N.Cc1ccc(F)c(C)c1N.[B]=NS. The van der Waals surface area contributed by atoms with Gasteiger partial charge in [-0.05, 0) is 66.9 Å². The molecule has 0 fully saturated rings. The first-order valence-electron chi connectivity index (χ1n) is 7.77. The van der Waals surface area contributed by atoms with Crippen LogP contribution in [0.1, 0.15) is 29.2 Å². The summed E-state index contributed by atoms with van der Waals surface area (Å²) in [4.78, 5) is 9.00. The molecule has 5 N–H and O–H groups in total. The van der Waals surface area contributed by atoms with E-state index in [-0.39, 0.29) is 11.6 Å². The maximum atomic E-state index is 13.0. The van der Waals surface area contributed by atoms with Crippen molar-refractivity contribution in [2.45, 2.75) is 34.6 Å². The number of thiol groups is 1. The second-order valence-electron chi connectivity index (χ2n) is 5.57. The molecule has 28 heavy (non-hydrogen) atoms. The number of carbonyl (C=O) groups is 1. The van der Waals surface area contributed by atoms with Crippen molar-refractivity contribution in [2.75, 3.05) is 11.5 Å². The molecule has 0 unspecified atom stereocenters. The third kappa shape index (κ3) is 10.4. The average molecular weight is 475 g/mol. The van der Waals surface area contributed by atoms with Gasteiger partial charge in [0, 0.05) is 29.4 Å². The number of carboxylic acids is 1. The third-order valence-electron chi connectivity index (χ3n) is 3.38. The van der Waals surface area contributed by atoms with Gasteiger partial charge in [-0.2, -0.15) is 0 Å². The van der Waals surface area contributed by atoms with Gasteiger partial charge in [0.05, 0.1) is 4.47 Å². The number of nitrogen functional groups attached to an aromatic ring is 2. The Bertz CT molecular complexity index is 767. The molecule has 0 atom stereocenters. The van der Waals surface area contributed by atoms with E-state index in [1.165, 1.54) is 6.07 Å². The number of carboxylic acid groups (broad SMARTS) is 1. The molecule has 1 radical (unpaired) electrons. The van der Waals surface area contributed by atoms with Crippen molar-refractivity contribution in [3.63, 3.8) is 0 Å². The average Bonchev–Trinajstić information content (AvgIpc) is 2.60. The van der Waals surface area contributed by atoms with Crippen molar-refractivity contribution in [3.05, 3.63) is 56.6 Å². The molecular weight excluding hydrogens is 451 g/mol. The molecular formula is C18H24BBrF2N3O2S. The van der Waals surface area contributed by atoms with E-state index in [2.05, 4.69) is 40.7 Å². The predicted octanol–water partition coefficient (Wildman–Crippen LogP) is 5.09. The van der Waals surface area contributed by atoms with Gasteiger partial charge in [-0.3, -0.25) is 4.79 Å². The van der Waals surface area contributed by atoms with E-state index in [1.54, 1.807) is 26.0 Å². The summed E-state index contributed by atoms with van der Waals surface area (Å²) in [6, 6.07) is 4.79. The molecule has 0 spiro atoms. The van der Waals surface area contributed by atoms with Gasteiger partial charge in [0.2, 0.25) is 0 Å². The van der Waals surface area contributed by atoms with E-state index in [0.717, 1.165) is 18.1 Å². The molecule has 0 amide bonds. The van der Waals surface area contributed by atoms with Crippen LogP contribution in [0.4, 0.5) is 20.2 Å². The first-order chi connectivity index (χ1) is 12.8. The number of nitrogens with two attached hydrogens (primary N) is 2. The first kappa shape index (κ1) is 28.3. The summed E-state index contributed by atoms with van der Waals surface area (Å²) >= 11 is 6.29. The predicted molar refractivity (Wildman–Crippen MR) is 119 cm³/mol. The van der Waals surface area contributed by atoms with Crippen LogP contribution in [-0.2, 0) is 4.79 Å². The summed E-state index contributed by atoms with van der Waals surface area (Å²) in [5.41, 5.74) is 15.1. The molecule has 0 aliphatic rings. The summed E-state index contributed by atoms with van der Waals surface area (Å²) in [6.07, 6.45) is 0. The van der Waals surface area contributed by atoms with Crippen LogP contribution >= 0.6 is 28.7 Å². The summed E-state index contributed by atoms with van der Waals surface area (Å²) in [7, 11) is 4.34. The molecule has 153 valence electrons. The van der Waals surface area contributed by atoms with Gasteiger partial charge in [-0.25, -0.2) is 8.78 Å². The maximum absolute atomic E-state index is 13.0. The van der Waals surface area contributed by atoms with Gasteiger partial charge in [0.15, 0.2) is 0 Å². The Balaban J connectivity index is 0. The minimum absolute atomic E-state index is 0.233. The summed E-state index contributed by atoms with van der Waals surface area (Å²) in [5, 5.41) is 7.42. The fourth-order valence-electron chi connectivity index (χ4n) is 1.76. The Labute approximate surface area is 179 Å². The van der Waals surface area contributed by atoms with E-state index in [4.69, 9.17) is 21.4 Å². The molecule has 0 bridgehead atoms. The van der Waals surface area contributed by atoms with E-state index >= 15 is 0 Å². The molecule has 10 heteroatoms. The Morgan fingerprint density at radius 3 is 1.89 bits per heavy atom. The van der Waals surface area contributed by atoms with Crippen molar-refractivity contribution >= 4 is 53.7 Å². The second kappa shape index (κ2) is 14.1. The number of benzene rings is 2. The van der Waals surface area contributed by atoms with Crippen molar-refractivity contribution < 1.29 is 18.7 Å². The zero-order valence-electron chi connectivity index (χ0n) is 16.3. The summed E-state index contributed by atoms with van der Waals surface area (Å²) in [5.74, 6) is -1.34. The van der Waals surface area contributed by atoms with Crippen LogP contribution in [0.3, 0.4) is 0 Å². The van der Waals surface area contributed by atoms with Gasteiger partial charge in [0.25, 0.3) is 5.97 Å². The van der Waals surface area contributed by atoms with Crippen molar-refractivity contribution in [3.8, 4) is 0 Å². The number of anilines is 2. The topological polar surface area (TPSA) is 102 Å². The molecule has 0 saturated carbocycles. The fraction of sp³-hybridized carbons (Fsp3) is 0.278. The Morgan fingerprint density at radius 1 is 1.11 bits per heavy atom. The molecule has 2 rings (SSSR count). The molecule has 0 saturated heterocycles. The van der Waals surface area contributed by atoms with Gasteiger partial charge in [0.1, 0.15) is 11.6 Å². The molecule has 0 aromatic heterocycles. The van der Waals surface area contributed by atoms with Crippen LogP contribution < -0.4 is 11.5 Å². The quantitative estimate of drug-likeness (QED) is 0.242. The van der Waals surface area contributed by atoms with Crippen LogP contribution in [0, 0.1) is 39.3 Å². The van der Waals surface area contributed by atoms with Crippen molar-refractivity contribution in [1.29, 1.82) is 0 Å². The number of aliphatic carboxylic acids is 1. The van der Waals surface area contributed by atoms with E-state index in [1.807, 2.05) is 13.8 Å². The second-order valence-corrected chi connectivity index (χ2v) is 6.65. The molecule has 0 aliphatic heterocycles. The van der Waals surface area contributed by atoms with Crippen LogP contribution in [0.15, 0.2) is 27.0 Å². The number of nitrogens with zero attached hydrogens (tertiary/aromatic N) is 1. The van der Waals surface area contributed by atoms with Crippen molar-refractivity contribution in [2.24, 2.45) is 4.30 Å². The zero-order chi connectivity index (χ0) is 22.6. The number of hydrogen-bond acceptors (Lipinski definition) is 5. The molecule has 5 nitrogen and oxygen atoms in total.